The number of pyridine rings is 1. The number of ether oxygens (including phenoxy) is 1. The summed E-state index contributed by atoms with van der Waals surface area (Å²) >= 11 is 12.3. The van der Waals surface area contributed by atoms with Gasteiger partial charge < -0.3 is 20.1 Å². The highest BCUT2D eigenvalue weighted by molar-refractivity contribution is 6.42. The van der Waals surface area contributed by atoms with Gasteiger partial charge in [0.2, 0.25) is 0 Å². The predicted octanol–water partition coefficient (Wildman–Crippen LogP) is 4.99. The van der Waals surface area contributed by atoms with Gasteiger partial charge in [0, 0.05) is 43.5 Å². The topological polar surface area (TPSA) is 95.0 Å². The molecule has 0 spiro atoms. The van der Waals surface area contributed by atoms with Crippen molar-refractivity contribution in [2.75, 3.05) is 32.1 Å². The number of benzene rings is 2. The van der Waals surface area contributed by atoms with Crippen molar-refractivity contribution in [2.45, 2.75) is 32.5 Å². The zero-order valence-corrected chi connectivity index (χ0v) is 23.6. The Morgan fingerprint density at radius 1 is 1.21 bits per heavy atom. The molecule has 0 unspecified atom stereocenters. The highest BCUT2D eigenvalue weighted by Crippen LogP contribution is 2.35. The summed E-state index contributed by atoms with van der Waals surface area (Å²) in [5.41, 5.74) is 2.15. The molecule has 0 saturated heterocycles. The summed E-state index contributed by atoms with van der Waals surface area (Å²) in [6.07, 6.45) is 2.75. The highest BCUT2D eigenvalue weighted by Gasteiger charge is 2.34. The van der Waals surface area contributed by atoms with Crippen molar-refractivity contribution in [2.24, 2.45) is 5.92 Å². The number of nitrogens with one attached hydrogen (secondary N) is 1. The molecule has 2 amide bonds. The molecular formula is C29H32Cl2N4O4. The molecule has 39 heavy (non-hydrogen) atoms. The van der Waals surface area contributed by atoms with Crippen LogP contribution in [0.3, 0.4) is 0 Å². The third-order valence-corrected chi connectivity index (χ3v) is 7.55. The second-order valence-electron chi connectivity index (χ2n) is 9.94. The number of aliphatic hydroxyl groups excluding tert-OH is 1. The van der Waals surface area contributed by atoms with E-state index in [-0.39, 0.29) is 30.4 Å². The van der Waals surface area contributed by atoms with Gasteiger partial charge in [-0.1, -0.05) is 42.3 Å². The number of para-hydroxylation sites is 1. The molecule has 0 saturated carbocycles. The second kappa shape index (κ2) is 12.8. The van der Waals surface area contributed by atoms with Crippen LogP contribution in [-0.2, 0) is 6.54 Å². The lowest BCUT2D eigenvalue weighted by atomic mass is 9.98. The summed E-state index contributed by atoms with van der Waals surface area (Å²) in [5, 5.41) is 13.8. The SMILES string of the molecule is C[C@@H]1CN([C@@H](C)CO)C(=O)c2cccc(NC(=O)c3ccncc3)c2O[C@@H]1CN(C)Cc1ccc(Cl)c(Cl)c1. The molecule has 2 N–H and O–H groups in total. The third-order valence-electron chi connectivity index (χ3n) is 6.81. The van der Waals surface area contributed by atoms with E-state index in [1.807, 2.05) is 33.0 Å². The van der Waals surface area contributed by atoms with E-state index in [1.54, 1.807) is 53.7 Å². The summed E-state index contributed by atoms with van der Waals surface area (Å²) in [6, 6.07) is 13.5. The molecule has 0 radical (unpaired) electrons. The molecule has 1 aromatic heterocycles. The van der Waals surface area contributed by atoms with Crippen LogP contribution in [0, 0.1) is 5.92 Å². The smallest absolute Gasteiger partial charge is 0.258 e. The van der Waals surface area contributed by atoms with Gasteiger partial charge in [-0.05, 0) is 55.9 Å². The van der Waals surface area contributed by atoms with Crippen LogP contribution in [0.5, 0.6) is 5.75 Å². The van der Waals surface area contributed by atoms with Crippen molar-refractivity contribution < 1.29 is 19.4 Å². The Morgan fingerprint density at radius 2 is 1.95 bits per heavy atom. The number of rotatable bonds is 8. The number of carbonyl (C=O) groups excluding carboxylic acids is 2. The molecule has 0 aliphatic carbocycles. The molecule has 10 heteroatoms. The fourth-order valence-electron chi connectivity index (χ4n) is 4.58. The molecule has 4 rings (SSSR count). The van der Waals surface area contributed by atoms with Crippen molar-refractivity contribution in [3.63, 3.8) is 0 Å². The van der Waals surface area contributed by atoms with Crippen LogP contribution in [0.25, 0.3) is 0 Å². The maximum absolute atomic E-state index is 13.7. The fraction of sp³-hybridized carbons (Fsp3) is 0.345. The number of anilines is 1. The number of amides is 2. The van der Waals surface area contributed by atoms with Crippen LogP contribution in [-0.4, -0.2) is 70.6 Å². The first-order chi connectivity index (χ1) is 18.7. The zero-order valence-electron chi connectivity index (χ0n) is 22.1. The van der Waals surface area contributed by atoms with Crippen LogP contribution < -0.4 is 10.1 Å². The van der Waals surface area contributed by atoms with Gasteiger partial charge in [0.1, 0.15) is 6.10 Å². The Morgan fingerprint density at radius 3 is 2.64 bits per heavy atom. The van der Waals surface area contributed by atoms with Gasteiger partial charge in [0.15, 0.2) is 5.75 Å². The number of halogens is 2. The molecule has 3 aromatic rings. The van der Waals surface area contributed by atoms with Gasteiger partial charge in [0.05, 0.1) is 33.9 Å². The predicted molar refractivity (Wildman–Crippen MR) is 153 cm³/mol. The molecule has 8 nitrogen and oxygen atoms in total. The van der Waals surface area contributed by atoms with Crippen LogP contribution in [0.4, 0.5) is 5.69 Å². The summed E-state index contributed by atoms with van der Waals surface area (Å²) < 4.78 is 6.57. The molecule has 206 valence electrons. The number of carbonyl (C=O) groups is 2. The van der Waals surface area contributed by atoms with E-state index in [0.717, 1.165) is 5.56 Å². The second-order valence-corrected chi connectivity index (χ2v) is 10.8. The average Bonchev–Trinajstić information content (AvgIpc) is 2.93. The molecular weight excluding hydrogens is 539 g/mol. The van der Waals surface area contributed by atoms with Gasteiger partial charge in [-0.25, -0.2) is 0 Å². The lowest BCUT2D eigenvalue weighted by Gasteiger charge is -2.38. The van der Waals surface area contributed by atoms with Gasteiger partial charge in [0.25, 0.3) is 11.8 Å². The average molecular weight is 572 g/mol. The van der Waals surface area contributed by atoms with E-state index in [1.165, 1.54) is 0 Å². The third kappa shape index (κ3) is 6.89. The first kappa shape index (κ1) is 28.8. The van der Waals surface area contributed by atoms with E-state index in [2.05, 4.69) is 15.2 Å². The maximum Gasteiger partial charge on any atom is 0.258 e. The molecule has 0 fully saturated rings. The zero-order chi connectivity index (χ0) is 28.1. The number of likely N-dealkylation sites (N-methyl/N-ethyl adjacent to an activating group) is 1. The van der Waals surface area contributed by atoms with E-state index < -0.39 is 6.04 Å². The summed E-state index contributed by atoms with van der Waals surface area (Å²) in [5.74, 6) is -0.386. The van der Waals surface area contributed by atoms with Crippen LogP contribution in [0.2, 0.25) is 10.0 Å². The van der Waals surface area contributed by atoms with Crippen LogP contribution in [0.1, 0.15) is 40.1 Å². The Labute approximate surface area is 238 Å². The molecule has 2 aromatic carbocycles. The van der Waals surface area contributed by atoms with Crippen molar-refractivity contribution in [3.05, 3.63) is 87.7 Å². The lowest BCUT2D eigenvalue weighted by molar-refractivity contribution is 0.0343. The fourth-order valence-corrected chi connectivity index (χ4v) is 4.90. The summed E-state index contributed by atoms with van der Waals surface area (Å²) in [7, 11) is 1.98. The first-order valence-electron chi connectivity index (χ1n) is 12.7. The Hall–Kier alpha value is -3.17. The maximum atomic E-state index is 13.7. The number of aliphatic hydroxyl groups is 1. The Bertz CT molecular complexity index is 1320. The number of aromatic nitrogens is 1. The van der Waals surface area contributed by atoms with Gasteiger partial charge in [-0.15, -0.1) is 0 Å². The molecule has 2 heterocycles. The van der Waals surface area contributed by atoms with E-state index in [0.29, 0.717) is 52.2 Å². The number of fused-ring (bicyclic) bond motifs is 1. The van der Waals surface area contributed by atoms with E-state index >= 15 is 0 Å². The quantitative estimate of drug-likeness (QED) is 0.396. The van der Waals surface area contributed by atoms with Crippen molar-refractivity contribution >= 4 is 40.7 Å². The summed E-state index contributed by atoms with van der Waals surface area (Å²) in [4.78, 5) is 34.4. The highest BCUT2D eigenvalue weighted by atomic mass is 35.5. The normalized spacial score (nSPS) is 18.1. The minimum atomic E-state index is -0.393. The number of hydrogen-bond donors (Lipinski definition) is 2. The number of hydrogen-bond acceptors (Lipinski definition) is 6. The first-order valence-corrected chi connectivity index (χ1v) is 13.5. The van der Waals surface area contributed by atoms with Gasteiger partial charge in [-0.3, -0.25) is 19.5 Å². The molecule has 1 aliphatic rings. The van der Waals surface area contributed by atoms with E-state index in [9.17, 15) is 14.7 Å². The molecule has 0 bridgehead atoms. The van der Waals surface area contributed by atoms with Crippen LogP contribution in [0.15, 0.2) is 60.9 Å². The molecule has 3 atom stereocenters. The monoisotopic (exact) mass is 570 g/mol. The summed E-state index contributed by atoms with van der Waals surface area (Å²) in [6.45, 7) is 5.20. The van der Waals surface area contributed by atoms with E-state index in [4.69, 9.17) is 27.9 Å². The minimum absolute atomic E-state index is 0.0867. The standard InChI is InChI=1S/C29H32Cl2N4O4/c1-18-14-35(19(2)17-36)29(38)22-5-4-6-25(33-28(37)21-9-11-32-12-10-21)27(22)39-26(18)16-34(3)15-20-7-8-23(30)24(31)13-20/h4-13,18-19,26,36H,14-17H2,1-3H3,(H,33,37)/t18-,19+,26-/m1/s1. The lowest BCUT2D eigenvalue weighted by Crippen LogP contribution is -2.49. The Balaban J connectivity index is 1.66. The van der Waals surface area contributed by atoms with Crippen LogP contribution >= 0.6 is 23.2 Å². The van der Waals surface area contributed by atoms with Crippen molar-refractivity contribution in [1.82, 2.24) is 14.8 Å². The minimum Gasteiger partial charge on any atom is -0.486 e. The Kier molecular flexibility index (Phi) is 9.45. The van der Waals surface area contributed by atoms with Crippen molar-refractivity contribution in [3.8, 4) is 5.75 Å². The largest absolute Gasteiger partial charge is 0.486 e. The van der Waals surface area contributed by atoms with Crippen molar-refractivity contribution in [1.29, 1.82) is 0 Å². The number of nitrogens with zero attached hydrogens (tertiary/aromatic N) is 3. The van der Waals surface area contributed by atoms with Gasteiger partial charge >= 0.3 is 0 Å². The molecule has 1 aliphatic heterocycles. The van der Waals surface area contributed by atoms with Gasteiger partial charge in [-0.2, -0.15) is 0 Å².